The summed E-state index contributed by atoms with van der Waals surface area (Å²) in [5.74, 6) is -1.06. The minimum absolute atomic E-state index is 0.167. The second-order valence-electron chi connectivity index (χ2n) is 6.44. The third-order valence-corrected chi connectivity index (χ3v) is 4.88. The Bertz CT molecular complexity index is 1050. The molecule has 150 valence electrons. The maximum Gasteiger partial charge on any atom is 0.255 e. The number of carbonyl (C=O) groups excluding carboxylic acids is 2. The van der Waals surface area contributed by atoms with Gasteiger partial charge in [0.25, 0.3) is 5.91 Å². The van der Waals surface area contributed by atoms with Crippen LogP contribution in [0.2, 0.25) is 0 Å². The number of nitrogens with zero attached hydrogens (tertiary/aromatic N) is 2. The number of amides is 2. The fourth-order valence-electron chi connectivity index (χ4n) is 2.93. The van der Waals surface area contributed by atoms with E-state index < -0.39 is 5.91 Å². The molecule has 2 N–H and O–H groups in total. The number of aryl methyl sites for hydroxylation is 1. The molecule has 0 atom stereocenters. The first-order valence-electron chi connectivity index (χ1n) is 9.06. The normalized spacial score (nSPS) is 10.6. The molecule has 0 radical (unpaired) electrons. The van der Waals surface area contributed by atoms with Crippen LogP contribution in [0.4, 0.5) is 10.1 Å². The fraction of sp³-hybridized carbons (Fsp3) is 0.190. The van der Waals surface area contributed by atoms with Crippen LogP contribution in [0.1, 0.15) is 28.5 Å². The maximum absolute atomic E-state index is 13.2. The quantitative estimate of drug-likeness (QED) is 0.585. The van der Waals surface area contributed by atoms with E-state index in [2.05, 4.69) is 31.7 Å². The van der Waals surface area contributed by atoms with Gasteiger partial charge in [-0.25, -0.2) is 9.07 Å². The highest BCUT2D eigenvalue weighted by molar-refractivity contribution is 9.10. The van der Waals surface area contributed by atoms with E-state index in [1.54, 1.807) is 22.9 Å². The second kappa shape index (κ2) is 9.00. The van der Waals surface area contributed by atoms with E-state index in [0.717, 1.165) is 10.0 Å². The fourth-order valence-corrected chi connectivity index (χ4v) is 3.40. The lowest BCUT2D eigenvalue weighted by Gasteiger charge is -2.10. The molecule has 0 aliphatic rings. The van der Waals surface area contributed by atoms with E-state index in [1.165, 1.54) is 18.3 Å². The molecule has 0 fully saturated rings. The molecule has 0 saturated carbocycles. The van der Waals surface area contributed by atoms with Crippen molar-refractivity contribution < 1.29 is 14.0 Å². The summed E-state index contributed by atoms with van der Waals surface area (Å²) >= 11 is 3.38. The minimum Gasteiger partial charge on any atom is -0.343 e. The predicted octanol–water partition coefficient (Wildman–Crippen LogP) is 4.01. The summed E-state index contributed by atoms with van der Waals surface area (Å²) < 4.78 is 15.7. The lowest BCUT2D eigenvalue weighted by atomic mass is 10.2. The summed E-state index contributed by atoms with van der Waals surface area (Å²) in [7, 11) is 0. The molecule has 1 heterocycles. The molecule has 0 spiro atoms. The molecular weight excluding hydrogens is 439 g/mol. The molecular formula is C21H20BrFN4O2. The molecule has 6 nitrogen and oxygen atoms in total. The van der Waals surface area contributed by atoms with E-state index in [9.17, 15) is 14.0 Å². The zero-order chi connectivity index (χ0) is 21.0. The monoisotopic (exact) mass is 458 g/mol. The number of hydrogen-bond donors (Lipinski definition) is 2. The van der Waals surface area contributed by atoms with Crippen molar-refractivity contribution in [2.75, 3.05) is 11.9 Å². The van der Waals surface area contributed by atoms with Crippen LogP contribution in [0, 0.1) is 12.7 Å². The summed E-state index contributed by atoms with van der Waals surface area (Å²) in [6.07, 6.45) is 2.00. The molecule has 1 aromatic heterocycles. The summed E-state index contributed by atoms with van der Waals surface area (Å²) in [4.78, 5) is 24.8. The number of hydrogen-bond acceptors (Lipinski definition) is 3. The van der Waals surface area contributed by atoms with Crippen molar-refractivity contribution in [3.63, 3.8) is 0 Å². The van der Waals surface area contributed by atoms with Gasteiger partial charge in [0, 0.05) is 10.2 Å². The Morgan fingerprint density at radius 2 is 1.90 bits per heavy atom. The summed E-state index contributed by atoms with van der Waals surface area (Å²) in [6, 6.07) is 11.4. The van der Waals surface area contributed by atoms with Gasteiger partial charge < -0.3 is 10.6 Å². The summed E-state index contributed by atoms with van der Waals surface area (Å²) in [6.45, 7) is 3.62. The predicted molar refractivity (Wildman–Crippen MR) is 113 cm³/mol. The summed E-state index contributed by atoms with van der Waals surface area (Å²) in [5, 5.41) is 9.65. The smallest absolute Gasteiger partial charge is 0.255 e. The Morgan fingerprint density at radius 3 is 2.55 bits per heavy atom. The minimum atomic E-state index is -0.391. The van der Waals surface area contributed by atoms with Gasteiger partial charge >= 0.3 is 0 Å². The van der Waals surface area contributed by atoms with Crippen LogP contribution < -0.4 is 10.6 Å². The van der Waals surface area contributed by atoms with Gasteiger partial charge in [0.2, 0.25) is 5.91 Å². The molecule has 0 bridgehead atoms. The van der Waals surface area contributed by atoms with E-state index in [1.807, 2.05) is 26.0 Å². The van der Waals surface area contributed by atoms with Gasteiger partial charge in [-0.2, -0.15) is 5.10 Å². The van der Waals surface area contributed by atoms with Crippen molar-refractivity contribution in [3.8, 4) is 5.69 Å². The highest BCUT2D eigenvalue weighted by atomic mass is 79.9. The first kappa shape index (κ1) is 20.7. The standard InChI is InChI=1S/C21H20BrFN4O2/c1-3-19-17(11-25-27(19)16-7-5-15(23)6-8-16)21(29)24-12-20(28)26-18-9-4-14(22)10-13(18)2/h4-11H,3,12H2,1-2H3,(H,24,29)(H,26,28). The first-order chi connectivity index (χ1) is 13.9. The number of rotatable bonds is 6. The van der Waals surface area contributed by atoms with Gasteiger partial charge in [-0.1, -0.05) is 22.9 Å². The molecule has 2 aromatic carbocycles. The van der Waals surface area contributed by atoms with Gasteiger partial charge in [0.05, 0.1) is 29.7 Å². The molecule has 0 unspecified atom stereocenters. The molecule has 3 rings (SSSR count). The van der Waals surface area contributed by atoms with Crippen molar-refractivity contribution in [1.82, 2.24) is 15.1 Å². The Labute approximate surface area is 176 Å². The molecule has 3 aromatic rings. The van der Waals surface area contributed by atoms with Crippen molar-refractivity contribution in [2.45, 2.75) is 20.3 Å². The van der Waals surface area contributed by atoms with E-state index in [-0.39, 0.29) is 18.3 Å². The Morgan fingerprint density at radius 1 is 1.17 bits per heavy atom. The topological polar surface area (TPSA) is 76.0 Å². The number of anilines is 1. The number of nitrogens with one attached hydrogen (secondary N) is 2. The molecule has 8 heteroatoms. The van der Waals surface area contributed by atoms with E-state index in [4.69, 9.17) is 0 Å². The molecule has 0 aliphatic heterocycles. The third-order valence-electron chi connectivity index (χ3n) is 4.39. The molecule has 2 amide bonds. The zero-order valence-electron chi connectivity index (χ0n) is 16.0. The number of benzene rings is 2. The highest BCUT2D eigenvalue weighted by Crippen LogP contribution is 2.20. The average Bonchev–Trinajstić information content (AvgIpc) is 3.13. The van der Waals surface area contributed by atoms with Crippen LogP contribution in [-0.4, -0.2) is 28.1 Å². The Hall–Kier alpha value is -3.00. The van der Waals surface area contributed by atoms with Gasteiger partial charge in [-0.3, -0.25) is 9.59 Å². The van der Waals surface area contributed by atoms with E-state index in [0.29, 0.717) is 29.1 Å². The van der Waals surface area contributed by atoms with Crippen LogP contribution in [0.15, 0.2) is 53.1 Å². The van der Waals surface area contributed by atoms with Gasteiger partial charge in [-0.05, 0) is 61.4 Å². The van der Waals surface area contributed by atoms with Crippen molar-refractivity contribution >= 4 is 33.4 Å². The first-order valence-corrected chi connectivity index (χ1v) is 9.85. The Kier molecular flexibility index (Phi) is 6.43. The SMILES string of the molecule is CCc1c(C(=O)NCC(=O)Nc2ccc(Br)cc2C)cnn1-c1ccc(F)cc1. The van der Waals surface area contributed by atoms with Crippen LogP contribution in [0.25, 0.3) is 5.69 Å². The van der Waals surface area contributed by atoms with Crippen LogP contribution >= 0.6 is 15.9 Å². The summed E-state index contributed by atoms with van der Waals surface area (Å²) in [5.41, 5.74) is 3.31. The largest absolute Gasteiger partial charge is 0.343 e. The lowest BCUT2D eigenvalue weighted by molar-refractivity contribution is -0.115. The van der Waals surface area contributed by atoms with Crippen molar-refractivity contribution in [2.24, 2.45) is 0 Å². The van der Waals surface area contributed by atoms with Crippen molar-refractivity contribution in [1.29, 1.82) is 0 Å². The molecule has 29 heavy (non-hydrogen) atoms. The van der Waals surface area contributed by atoms with Crippen LogP contribution in [0.5, 0.6) is 0 Å². The second-order valence-corrected chi connectivity index (χ2v) is 7.35. The average molecular weight is 459 g/mol. The van der Waals surface area contributed by atoms with E-state index >= 15 is 0 Å². The third kappa shape index (κ3) is 4.89. The lowest BCUT2D eigenvalue weighted by Crippen LogP contribution is -2.33. The van der Waals surface area contributed by atoms with Gasteiger partial charge in [-0.15, -0.1) is 0 Å². The number of halogens is 2. The van der Waals surface area contributed by atoms with Gasteiger partial charge in [0.1, 0.15) is 5.82 Å². The zero-order valence-corrected chi connectivity index (χ0v) is 17.6. The number of aromatic nitrogens is 2. The van der Waals surface area contributed by atoms with Crippen molar-refractivity contribution in [3.05, 3.63) is 75.8 Å². The number of carbonyl (C=O) groups is 2. The molecule has 0 saturated heterocycles. The van der Waals surface area contributed by atoms with Crippen LogP contribution in [0.3, 0.4) is 0 Å². The molecule has 0 aliphatic carbocycles. The van der Waals surface area contributed by atoms with Crippen LogP contribution in [-0.2, 0) is 11.2 Å². The van der Waals surface area contributed by atoms with Gasteiger partial charge in [0.15, 0.2) is 0 Å². The highest BCUT2D eigenvalue weighted by Gasteiger charge is 2.18. The Balaban J connectivity index is 1.67. The maximum atomic E-state index is 13.2.